The molecule has 0 saturated heterocycles. The van der Waals surface area contributed by atoms with E-state index in [0.717, 1.165) is 27.1 Å². The van der Waals surface area contributed by atoms with E-state index in [2.05, 4.69) is 96.4 Å². The van der Waals surface area contributed by atoms with Crippen molar-refractivity contribution in [2.24, 2.45) is 0 Å². The fourth-order valence-corrected chi connectivity index (χ4v) is 6.74. The van der Waals surface area contributed by atoms with Gasteiger partial charge in [0, 0.05) is 44.7 Å². The molecule has 0 fully saturated rings. The van der Waals surface area contributed by atoms with E-state index in [1.54, 1.807) is 0 Å². The average molecular weight is 494 g/mol. The lowest BCUT2D eigenvalue weighted by Gasteiger charge is -2.47. The van der Waals surface area contributed by atoms with Crippen LogP contribution in [-0.4, -0.2) is 36.8 Å². The molecule has 0 aliphatic carbocycles. The van der Waals surface area contributed by atoms with Crippen molar-refractivity contribution >= 4 is 44.5 Å². The molecule has 0 radical (unpaired) electrons. The summed E-state index contributed by atoms with van der Waals surface area (Å²) in [5.74, 6) is 1.80. The zero-order valence-corrected chi connectivity index (χ0v) is 20.8. The third-order valence-corrected chi connectivity index (χ3v) is 8.88. The van der Waals surface area contributed by atoms with Gasteiger partial charge in [0.1, 0.15) is 30.5 Å². The quantitative estimate of drug-likeness (QED) is 0.347. The van der Waals surface area contributed by atoms with Gasteiger partial charge in [-0.3, -0.25) is 0 Å². The highest BCUT2D eigenvalue weighted by molar-refractivity contribution is 9.10. The number of hydrogen-bond acceptors (Lipinski definition) is 3. The van der Waals surface area contributed by atoms with E-state index in [0.29, 0.717) is 0 Å². The fourth-order valence-electron chi connectivity index (χ4n) is 4.78. The summed E-state index contributed by atoms with van der Waals surface area (Å²) < 4.78 is 9.47. The van der Waals surface area contributed by atoms with Crippen LogP contribution in [0.4, 0.5) is 5.69 Å². The second-order valence-corrected chi connectivity index (χ2v) is 11.1. The summed E-state index contributed by atoms with van der Waals surface area (Å²) in [7, 11) is 6.26. The highest BCUT2D eigenvalue weighted by Crippen LogP contribution is 2.63. The smallest absolute Gasteiger partial charge is 0.166 e. The maximum atomic E-state index is 6.32. The summed E-state index contributed by atoms with van der Waals surface area (Å²) in [5.41, 5.74) is 4.87. The maximum Gasteiger partial charge on any atom is 0.166 e. The predicted molar refractivity (Wildman–Crippen MR) is 135 cm³/mol. The van der Waals surface area contributed by atoms with Gasteiger partial charge in [-0.25, -0.2) is 4.58 Å². The molecule has 1 unspecified atom stereocenters. The highest BCUT2D eigenvalue weighted by atomic mass is 79.9. The Labute approximate surface area is 196 Å². The number of para-hydroxylation sites is 1. The van der Waals surface area contributed by atoms with Crippen LogP contribution in [0.15, 0.2) is 76.5 Å². The Hall–Kier alpha value is -2.24. The van der Waals surface area contributed by atoms with Gasteiger partial charge >= 0.3 is 0 Å². The first-order valence-corrected chi connectivity index (χ1v) is 12.0. The van der Waals surface area contributed by atoms with Crippen molar-refractivity contribution in [3.8, 4) is 5.75 Å². The second kappa shape index (κ2) is 7.14. The Morgan fingerprint density at radius 3 is 2.68 bits per heavy atom. The van der Waals surface area contributed by atoms with Gasteiger partial charge in [0.25, 0.3) is 0 Å². The van der Waals surface area contributed by atoms with E-state index in [1.807, 2.05) is 42.7 Å². The summed E-state index contributed by atoms with van der Waals surface area (Å²) in [6, 6.07) is 15.0. The van der Waals surface area contributed by atoms with Gasteiger partial charge in [0.15, 0.2) is 6.21 Å². The summed E-state index contributed by atoms with van der Waals surface area (Å²) in [6.07, 6.45) is 8.72. The average Bonchev–Trinajstić information content (AvgIpc) is 2.90. The van der Waals surface area contributed by atoms with Gasteiger partial charge in [-0.2, -0.15) is 0 Å². The summed E-state index contributed by atoms with van der Waals surface area (Å²) in [4.78, 5) is 3.48. The Balaban J connectivity index is 1.68. The number of allylic oxidation sites excluding steroid dienone is 2. The van der Waals surface area contributed by atoms with Crippen LogP contribution < -0.4 is 9.64 Å². The molecule has 3 aliphatic rings. The molecule has 3 aliphatic heterocycles. The Morgan fingerprint density at radius 2 is 1.90 bits per heavy atom. The summed E-state index contributed by atoms with van der Waals surface area (Å²) in [5, 5.41) is 0. The number of rotatable bonds is 1. The monoisotopic (exact) mass is 493 g/mol. The van der Waals surface area contributed by atoms with Crippen molar-refractivity contribution in [1.29, 1.82) is 0 Å². The van der Waals surface area contributed by atoms with Crippen molar-refractivity contribution in [1.82, 2.24) is 0 Å². The largest absolute Gasteiger partial charge is 0.456 e. The highest BCUT2D eigenvalue weighted by Gasteiger charge is 2.56. The molecule has 0 bridgehead atoms. The normalized spacial score (nSPS) is 24.1. The molecular formula is C26H26BrN2OS+. The van der Waals surface area contributed by atoms with Crippen LogP contribution in [0.1, 0.15) is 25.0 Å². The zero-order chi connectivity index (χ0) is 22.0. The predicted octanol–water partition coefficient (Wildman–Crippen LogP) is 6.21. The third kappa shape index (κ3) is 2.97. The molecule has 1 spiro atoms. The van der Waals surface area contributed by atoms with E-state index in [-0.39, 0.29) is 10.3 Å². The zero-order valence-electron chi connectivity index (χ0n) is 18.4. The van der Waals surface area contributed by atoms with Crippen molar-refractivity contribution in [2.75, 3.05) is 26.0 Å². The third-order valence-electron chi connectivity index (χ3n) is 6.51. The SMILES string of the molecule is CN1c2ccc(Br)cc2C(C)(C)C12C=CC1=C(S2)c2ccccc2O/C1=C\C=[N+](C)C. The molecule has 0 amide bonds. The van der Waals surface area contributed by atoms with Crippen LogP contribution in [-0.2, 0) is 5.41 Å². The van der Waals surface area contributed by atoms with E-state index in [4.69, 9.17) is 4.74 Å². The molecule has 2 aromatic carbocycles. The first kappa shape index (κ1) is 20.7. The van der Waals surface area contributed by atoms with E-state index >= 15 is 0 Å². The lowest BCUT2D eigenvalue weighted by atomic mass is 9.79. The second-order valence-electron chi connectivity index (χ2n) is 8.96. The Morgan fingerprint density at radius 1 is 1.13 bits per heavy atom. The van der Waals surface area contributed by atoms with Gasteiger partial charge in [0.05, 0.1) is 0 Å². The molecule has 5 rings (SSSR count). The van der Waals surface area contributed by atoms with Gasteiger partial charge in [-0.1, -0.05) is 65.8 Å². The number of ether oxygens (including phenoxy) is 1. The van der Waals surface area contributed by atoms with Crippen LogP contribution in [0.3, 0.4) is 0 Å². The van der Waals surface area contributed by atoms with E-state index in [9.17, 15) is 0 Å². The first-order valence-electron chi connectivity index (χ1n) is 10.4. The van der Waals surface area contributed by atoms with Crippen molar-refractivity contribution in [3.63, 3.8) is 0 Å². The van der Waals surface area contributed by atoms with Crippen molar-refractivity contribution < 1.29 is 9.31 Å². The number of thioether (sulfide) groups is 1. The molecule has 3 heterocycles. The standard InChI is InChI=1S/C26H26BrN2OS/c1-25(2)20-16-17(27)10-11-21(20)29(5)26(25)14-12-19-23(13-15-28(3)4)30-22-9-7-6-8-18(22)24(19)31-26/h6-16H,1-5H3/q+1/b23-13-. The molecule has 31 heavy (non-hydrogen) atoms. The molecule has 0 aromatic heterocycles. The van der Waals surface area contributed by atoms with Gasteiger partial charge < -0.3 is 9.64 Å². The molecule has 3 nitrogen and oxygen atoms in total. The van der Waals surface area contributed by atoms with Crippen LogP contribution in [0.25, 0.3) is 4.91 Å². The Kier molecular flexibility index (Phi) is 4.76. The van der Waals surface area contributed by atoms with Crippen molar-refractivity contribution in [2.45, 2.75) is 24.1 Å². The number of anilines is 1. The summed E-state index contributed by atoms with van der Waals surface area (Å²) >= 11 is 5.62. The van der Waals surface area contributed by atoms with Gasteiger partial charge in [-0.05, 0) is 35.9 Å². The lowest BCUT2D eigenvalue weighted by Crippen LogP contribution is -2.50. The molecular weight excluding hydrogens is 468 g/mol. The number of likely N-dealkylation sites (N-methyl/N-ethyl adjacent to an activating group) is 1. The molecule has 1 atom stereocenters. The number of hydrogen-bond donors (Lipinski definition) is 0. The fraction of sp³-hybridized carbons (Fsp3) is 0.269. The van der Waals surface area contributed by atoms with Gasteiger partial charge in [0.2, 0.25) is 0 Å². The van der Waals surface area contributed by atoms with Gasteiger partial charge in [-0.15, -0.1) is 0 Å². The topological polar surface area (TPSA) is 15.5 Å². The van der Waals surface area contributed by atoms with Crippen LogP contribution in [0, 0.1) is 0 Å². The Bertz CT molecular complexity index is 1220. The molecule has 158 valence electrons. The lowest BCUT2D eigenvalue weighted by molar-refractivity contribution is -0.458. The summed E-state index contributed by atoms with van der Waals surface area (Å²) in [6.45, 7) is 4.71. The molecule has 0 saturated carbocycles. The molecule has 2 aromatic rings. The number of nitrogens with zero attached hydrogens (tertiary/aromatic N) is 2. The van der Waals surface area contributed by atoms with Crippen molar-refractivity contribution in [3.05, 3.63) is 87.6 Å². The molecule has 0 N–H and O–H groups in total. The number of benzene rings is 2. The minimum absolute atomic E-state index is 0.0898. The van der Waals surface area contributed by atoms with E-state index in [1.165, 1.54) is 16.2 Å². The maximum absolute atomic E-state index is 6.32. The number of fused-ring (bicyclic) bond motifs is 3. The first-order chi connectivity index (χ1) is 14.7. The van der Waals surface area contributed by atoms with Crippen LogP contribution >= 0.6 is 27.7 Å². The van der Waals surface area contributed by atoms with Crippen LogP contribution in [0.5, 0.6) is 5.75 Å². The minimum atomic E-state index is -0.226. The minimum Gasteiger partial charge on any atom is -0.456 e. The number of halogens is 1. The van der Waals surface area contributed by atoms with E-state index < -0.39 is 0 Å². The molecule has 5 heteroatoms. The van der Waals surface area contributed by atoms with Crippen LogP contribution in [0.2, 0.25) is 0 Å².